The summed E-state index contributed by atoms with van der Waals surface area (Å²) < 4.78 is 0. The third-order valence-electron chi connectivity index (χ3n) is 5.27. The van der Waals surface area contributed by atoms with Gasteiger partial charge in [-0.25, -0.2) is 0 Å². The van der Waals surface area contributed by atoms with Crippen molar-refractivity contribution in [2.45, 2.75) is 70.5 Å². The second-order valence-corrected chi connectivity index (χ2v) is 6.74. The molecule has 2 saturated carbocycles. The van der Waals surface area contributed by atoms with Gasteiger partial charge < -0.3 is 10.2 Å². The Bertz CT molecular complexity index is 326. The Morgan fingerprint density at radius 2 is 1.83 bits per heavy atom. The van der Waals surface area contributed by atoms with Crippen LogP contribution in [0.5, 0.6) is 0 Å². The van der Waals surface area contributed by atoms with E-state index in [0.717, 1.165) is 24.8 Å². The predicted octanol–water partition coefficient (Wildman–Crippen LogP) is 2.16. The van der Waals surface area contributed by atoms with E-state index in [9.17, 15) is 4.79 Å². The normalized spacial score (nSPS) is 41.4. The zero-order valence-corrected chi connectivity index (χ0v) is 11.7. The molecular weight excluding hydrogens is 224 g/mol. The Balaban J connectivity index is 1.58. The largest absolute Gasteiger partial charge is 0.338 e. The minimum absolute atomic E-state index is 0.132. The molecular formula is C15H26N2O. The van der Waals surface area contributed by atoms with Crippen LogP contribution in [0.4, 0.5) is 0 Å². The molecule has 0 aromatic heterocycles. The third-order valence-corrected chi connectivity index (χ3v) is 5.27. The van der Waals surface area contributed by atoms with Crippen molar-refractivity contribution in [3.8, 4) is 0 Å². The molecule has 4 unspecified atom stereocenters. The highest BCUT2D eigenvalue weighted by molar-refractivity contribution is 5.84. The van der Waals surface area contributed by atoms with Gasteiger partial charge in [0.05, 0.1) is 6.04 Å². The van der Waals surface area contributed by atoms with Crippen molar-refractivity contribution in [3.63, 3.8) is 0 Å². The molecule has 0 bridgehead atoms. The van der Waals surface area contributed by atoms with Crippen molar-refractivity contribution in [1.82, 2.24) is 10.2 Å². The summed E-state index contributed by atoms with van der Waals surface area (Å²) >= 11 is 0. The molecule has 4 atom stereocenters. The van der Waals surface area contributed by atoms with Gasteiger partial charge in [-0.2, -0.15) is 0 Å². The van der Waals surface area contributed by atoms with Crippen LogP contribution < -0.4 is 5.32 Å². The van der Waals surface area contributed by atoms with E-state index < -0.39 is 0 Å². The van der Waals surface area contributed by atoms with Crippen LogP contribution in [0.3, 0.4) is 0 Å². The number of nitrogens with zero attached hydrogens (tertiary/aromatic N) is 1. The molecule has 0 radical (unpaired) electrons. The maximum absolute atomic E-state index is 12.4. The van der Waals surface area contributed by atoms with Gasteiger partial charge in [0, 0.05) is 18.6 Å². The highest BCUT2D eigenvalue weighted by Gasteiger charge is 2.40. The minimum atomic E-state index is 0.132. The van der Waals surface area contributed by atoms with E-state index in [1.54, 1.807) is 0 Å². The number of carbonyl (C=O) groups excluding carboxylic acids is 1. The van der Waals surface area contributed by atoms with Crippen LogP contribution in [0, 0.1) is 11.8 Å². The molecule has 1 saturated heterocycles. The first-order valence-corrected chi connectivity index (χ1v) is 7.71. The van der Waals surface area contributed by atoms with Crippen molar-refractivity contribution < 1.29 is 4.79 Å². The zero-order valence-electron chi connectivity index (χ0n) is 11.7. The molecule has 3 rings (SSSR count). The van der Waals surface area contributed by atoms with Crippen LogP contribution in [-0.4, -0.2) is 35.5 Å². The maximum Gasteiger partial charge on any atom is 0.240 e. The average molecular weight is 250 g/mol. The number of nitrogens with one attached hydrogen (secondary N) is 1. The summed E-state index contributed by atoms with van der Waals surface area (Å²) in [5.41, 5.74) is 0. The van der Waals surface area contributed by atoms with Crippen LogP contribution in [0.15, 0.2) is 0 Å². The van der Waals surface area contributed by atoms with Gasteiger partial charge in [0.15, 0.2) is 0 Å². The van der Waals surface area contributed by atoms with E-state index in [0.29, 0.717) is 18.0 Å². The van der Waals surface area contributed by atoms with Gasteiger partial charge in [0.25, 0.3) is 0 Å². The van der Waals surface area contributed by atoms with E-state index in [1.165, 1.54) is 32.1 Å². The van der Waals surface area contributed by atoms with Crippen LogP contribution in [-0.2, 0) is 4.79 Å². The van der Waals surface area contributed by atoms with Gasteiger partial charge in [0.1, 0.15) is 0 Å². The van der Waals surface area contributed by atoms with E-state index in [1.807, 2.05) is 0 Å². The van der Waals surface area contributed by atoms with Crippen LogP contribution in [0.25, 0.3) is 0 Å². The molecule has 3 heteroatoms. The molecule has 1 aliphatic heterocycles. The lowest BCUT2D eigenvalue weighted by atomic mass is 9.78. The number of likely N-dealkylation sites (tertiary alicyclic amines) is 1. The van der Waals surface area contributed by atoms with Gasteiger partial charge in [-0.05, 0) is 50.4 Å². The molecule has 3 aliphatic rings. The fourth-order valence-corrected chi connectivity index (χ4v) is 3.56. The maximum atomic E-state index is 12.4. The van der Waals surface area contributed by atoms with Gasteiger partial charge in [-0.1, -0.05) is 13.8 Å². The summed E-state index contributed by atoms with van der Waals surface area (Å²) in [6.07, 6.45) is 7.27. The second kappa shape index (κ2) is 4.84. The Hall–Kier alpha value is -0.570. The first-order chi connectivity index (χ1) is 8.65. The first kappa shape index (κ1) is 12.5. The lowest BCUT2D eigenvalue weighted by Gasteiger charge is -2.37. The van der Waals surface area contributed by atoms with E-state index in [-0.39, 0.29) is 6.04 Å². The number of rotatable bonds is 3. The first-order valence-electron chi connectivity index (χ1n) is 7.71. The Labute approximate surface area is 110 Å². The molecule has 0 spiro atoms. The quantitative estimate of drug-likeness (QED) is 0.832. The average Bonchev–Trinajstić information content (AvgIpc) is 3.09. The second-order valence-electron chi connectivity index (χ2n) is 6.74. The van der Waals surface area contributed by atoms with Gasteiger partial charge in [0.2, 0.25) is 5.91 Å². The van der Waals surface area contributed by atoms with Crippen molar-refractivity contribution in [2.75, 3.05) is 6.54 Å². The number of carbonyl (C=O) groups is 1. The van der Waals surface area contributed by atoms with E-state index >= 15 is 0 Å². The van der Waals surface area contributed by atoms with E-state index in [4.69, 9.17) is 0 Å². The molecule has 1 heterocycles. The monoisotopic (exact) mass is 250 g/mol. The molecule has 0 aromatic carbocycles. The molecule has 0 aromatic rings. The van der Waals surface area contributed by atoms with Crippen molar-refractivity contribution in [2.24, 2.45) is 11.8 Å². The Kier molecular flexibility index (Phi) is 3.35. The van der Waals surface area contributed by atoms with Gasteiger partial charge in [-0.3, -0.25) is 4.79 Å². The van der Waals surface area contributed by atoms with Gasteiger partial charge in [-0.15, -0.1) is 0 Å². The van der Waals surface area contributed by atoms with Crippen LogP contribution in [0.1, 0.15) is 52.4 Å². The minimum Gasteiger partial charge on any atom is -0.338 e. The topological polar surface area (TPSA) is 32.3 Å². The summed E-state index contributed by atoms with van der Waals surface area (Å²) in [5.74, 6) is 1.99. The van der Waals surface area contributed by atoms with Crippen molar-refractivity contribution in [3.05, 3.63) is 0 Å². The summed E-state index contributed by atoms with van der Waals surface area (Å²) in [5, 5.41) is 3.50. The Morgan fingerprint density at radius 1 is 1.06 bits per heavy atom. The zero-order chi connectivity index (χ0) is 12.7. The van der Waals surface area contributed by atoms with Crippen LogP contribution in [0.2, 0.25) is 0 Å². The van der Waals surface area contributed by atoms with Gasteiger partial charge >= 0.3 is 0 Å². The molecule has 2 aliphatic carbocycles. The Morgan fingerprint density at radius 3 is 2.50 bits per heavy atom. The lowest BCUT2D eigenvalue weighted by molar-refractivity contribution is -0.132. The number of hydrogen-bond acceptors (Lipinski definition) is 2. The predicted molar refractivity (Wildman–Crippen MR) is 72.2 cm³/mol. The molecule has 1 amide bonds. The van der Waals surface area contributed by atoms with Crippen molar-refractivity contribution >= 4 is 5.91 Å². The number of hydrogen-bond donors (Lipinski definition) is 1. The summed E-state index contributed by atoms with van der Waals surface area (Å²) in [4.78, 5) is 14.6. The summed E-state index contributed by atoms with van der Waals surface area (Å²) in [6, 6.07) is 1.30. The van der Waals surface area contributed by atoms with E-state index in [2.05, 4.69) is 24.1 Å². The summed E-state index contributed by atoms with van der Waals surface area (Å²) in [6.45, 7) is 5.68. The highest BCUT2D eigenvalue weighted by Crippen LogP contribution is 2.34. The molecule has 102 valence electrons. The highest BCUT2D eigenvalue weighted by atomic mass is 16.2. The number of amides is 1. The smallest absolute Gasteiger partial charge is 0.240 e. The standard InChI is InChI=1S/C15H26N2O/c1-10-3-6-13(9-11(10)2)17-8-7-14(15(17)18)16-12-4-5-12/h10-14,16H,3-9H2,1-2H3. The fourth-order valence-electron chi connectivity index (χ4n) is 3.56. The molecule has 3 nitrogen and oxygen atoms in total. The third kappa shape index (κ3) is 2.42. The summed E-state index contributed by atoms with van der Waals surface area (Å²) in [7, 11) is 0. The molecule has 1 N–H and O–H groups in total. The SMILES string of the molecule is CC1CCC(N2CCC(NC3CC3)C2=O)CC1C. The molecule has 18 heavy (non-hydrogen) atoms. The molecule has 3 fully saturated rings. The van der Waals surface area contributed by atoms with Crippen molar-refractivity contribution in [1.29, 1.82) is 0 Å². The fraction of sp³-hybridized carbons (Fsp3) is 0.933. The lowest BCUT2D eigenvalue weighted by Crippen LogP contribution is -2.45. The van der Waals surface area contributed by atoms with Crippen LogP contribution >= 0.6 is 0 Å².